The average Bonchev–Trinajstić information content (AvgIpc) is 3.10. The molecule has 0 spiro atoms. The Morgan fingerprint density at radius 1 is 1.35 bits per heavy atom. The molecule has 0 unspecified atom stereocenters. The molecule has 0 saturated heterocycles. The normalized spacial score (nSPS) is 11.0. The molecule has 9 heteroatoms. The molecule has 0 saturated carbocycles. The summed E-state index contributed by atoms with van der Waals surface area (Å²) in [5.74, 6) is -1.27. The molecule has 3 aromatic rings. The first-order valence-electron chi connectivity index (χ1n) is 7.34. The molecule has 0 aliphatic heterocycles. The SMILES string of the molecule is CN(/N=C/c1ccc(F)cc1C(=O)O)c1nc(-c2cccc(Br)c2)ns1. The lowest BCUT2D eigenvalue weighted by Crippen LogP contribution is -2.10. The number of rotatable bonds is 5. The Morgan fingerprint density at radius 3 is 2.88 bits per heavy atom. The fourth-order valence-corrected chi connectivity index (χ4v) is 3.12. The molecule has 1 aromatic heterocycles. The van der Waals surface area contributed by atoms with Crippen molar-refractivity contribution in [2.45, 2.75) is 0 Å². The fraction of sp³-hybridized carbons (Fsp3) is 0.0588. The van der Waals surface area contributed by atoms with Gasteiger partial charge in [-0.05, 0) is 30.3 Å². The third-order valence-electron chi connectivity index (χ3n) is 3.39. The summed E-state index contributed by atoms with van der Waals surface area (Å²) < 4.78 is 18.5. The maximum Gasteiger partial charge on any atom is 0.336 e. The molecule has 0 amide bonds. The van der Waals surface area contributed by atoms with Crippen LogP contribution >= 0.6 is 27.5 Å². The van der Waals surface area contributed by atoms with Crippen LogP contribution in [0.15, 0.2) is 52.0 Å². The number of benzene rings is 2. The zero-order chi connectivity index (χ0) is 18.7. The van der Waals surface area contributed by atoms with Crippen molar-refractivity contribution in [3.05, 3.63) is 63.9 Å². The van der Waals surface area contributed by atoms with Crippen LogP contribution in [0.2, 0.25) is 0 Å². The molecule has 0 aliphatic carbocycles. The van der Waals surface area contributed by atoms with Gasteiger partial charge >= 0.3 is 5.97 Å². The van der Waals surface area contributed by atoms with E-state index in [1.165, 1.54) is 34.9 Å². The number of carboxylic acids is 1. The van der Waals surface area contributed by atoms with Crippen LogP contribution in [0.25, 0.3) is 11.4 Å². The lowest BCUT2D eigenvalue weighted by atomic mass is 10.1. The minimum absolute atomic E-state index is 0.158. The van der Waals surface area contributed by atoms with Crippen LogP contribution in [0, 0.1) is 5.82 Å². The number of hydrogen-bond acceptors (Lipinski definition) is 6. The van der Waals surface area contributed by atoms with Crippen LogP contribution in [0.3, 0.4) is 0 Å². The standard InChI is InChI=1S/C17H12BrFN4O2S/c1-23(20-9-11-5-6-13(19)8-14(11)16(24)25)17-21-15(22-26-17)10-3-2-4-12(18)7-10/h2-9H,1H3,(H,24,25)/b20-9+. The smallest absolute Gasteiger partial charge is 0.336 e. The van der Waals surface area contributed by atoms with Gasteiger partial charge in [0.2, 0.25) is 5.13 Å². The van der Waals surface area contributed by atoms with E-state index in [9.17, 15) is 9.18 Å². The van der Waals surface area contributed by atoms with Crippen LogP contribution < -0.4 is 5.01 Å². The van der Waals surface area contributed by atoms with Crippen molar-refractivity contribution in [3.63, 3.8) is 0 Å². The third kappa shape index (κ3) is 4.12. The number of aromatic carboxylic acids is 1. The van der Waals surface area contributed by atoms with E-state index in [1.807, 2.05) is 24.3 Å². The molecule has 26 heavy (non-hydrogen) atoms. The van der Waals surface area contributed by atoms with Crippen LogP contribution in [-0.4, -0.2) is 33.7 Å². The maximum absolute atomic E-state index is 13.2. The predicted octanol–water partition coefficient (Wildman–Crippen LogP) is 4.28. The second-order valence-electron chi connectivity index (χ2n) is 5.22. The number of aromatic nitrogens is 2. The Kier molecular flexibility index (Phi) is 5.38. The summed E-state index contributed by atoms with van der Waals surface area (Å²) >= 11 is 4.57. The van der Waals surface area contributed by atoms with Gasteiger partial charge in [0.1, 0.15) is 5.82 Å². The molecule has 1 heterocycles. The quantitative estimate of drug-likeness (QED) is 0.478. The zero-order valence-electron chi connectivity index (χ0n) is 13.4. The zero-order valence-corrected chi connectivity index (χ0v) is 15.8. The van der Waals surface area contributed by atoms with Gasteiger partial charge in [-0.25, -0.2) is 14.2 Å². The Labute approximate surface area is 160 Å². The largest absolute Gasteiger partial charge is 0.478 e. The fourth-order valence-electron chi connectivity index (χ4n) is 2.12. The van der Waals surface area contributed by atoms with Crippen molar-refractivity contribution in [1.29, 1.82) is 0 Å². The Bertz CT molecular complexity index is 992. The number of hydrazone groups is 1. The molecule has 0 atom stereocenters. The molecule has 2 aromatic carbocycles. The maximum atomic E-state index is 13.2. The summed E-state index contributed by atoms with van der Waals surface area (Å²) in [4.78, 5) is 15.6. The van der Waals surface area contributed by atoms with Crippen LogP contribution in [0.1, 0.15) is 15.9 Å². The number of carbonyl (C=O) groups is 1. The molecule has 0 aliphatic rings. The van der Waals surface area contributed by atoms with Gasteiger partial charge in [-0.1, -0.05) is 28.1 Å². The lowest BCUT2D eigenvalue weighted by molar-refractivity contribution is 0.0696. The monoisotopic (exact) mass is 434 g/mol. The van der Waals surface area contributed by atoms with E-state index >= 15 is 0 Å². The summed E-state index contributed by atoms with van der Waals surface area (Å²) in [6.45, 7) is 0. The van der Waals surface area contributed by atoms with E-state index < -0.39 is 11.8 Å². The summed E-state index contributed by atoms with van der Waals surface area (Å²) in [7, 11) is 1.67. The van der Waals surface area contributed by atoms with Crippen LogP contribution in [0.5, 0.6) is 0 Å². The molecule has 1 N–H and O–H groups in total. The van der Waals surface area contributed by atoms with Crippen molar-refractivity contribution in [2.24, 2.45) is 5.10 Å². The third-order valence-corrected chi connectivity index (χ3v) is 4.67. The van der Waals surface area contributed by atoms with Gasteiger partial charge in [-0.2, -0.15) is 14.5 Å². The van der Waals surface area contributed by atoms with Crippen molar-refractivity contribution in [3.8, 4) is 11.4 Å². The molecular formula is C17H12BrFN4O2S. The van der Waals surface area contributed by atoms with Gasteiger partial charge in [-0.15, -0.1) is 0 Å². The van der Waals surface area contributed by atoms with Gasteiger partial charge in [0.05, 0.1) is 11.8 Å². The summed E-state index contributed by atoms with van der Waals surface area (Å²) in [5.41, 5.74) is 1.00. The lowest BCUT2D eigenvalue weighted by Gasteiger charge is -2.08. The van der Waals surface area contributed by atoms with E-state index in [-0.39, 0.29) is 5.56 Å². The topological polar surface area (TPSA) is 78.7 Å². The average molecular weight is 435 g/mol. The minimum Gasteiger partial charge on any atom is -0.478 e. The van der Waals surface area contributed by atoms with Crippen molar-refractivity contribution < 1.29 is 14.3 Å². The van der Waals surface area contributed by atoms with Crippen LogP contribution in [0.4, 0.5) is 9.52 Å². The molecule has 3 rings (SSSR count). The Balaban J connectivity index is 1.82. The highest BCUT2D eigenvalue weighted by Crippen LogP contribution is 2.25. The first-order chi connectivity index (χ1) is 12.4. The number of nitrogens with zero attached hydrogens (tertiary/aromatic N) is 4. The number of hydrogen-bond donors (Lipinski definition) is 1. The van der Waals surface area contributed by atoms with Crippen molar-refractivity contribution in [2.75, 3.05) is 12.1 Å². The second kappa shape index (κ2) is 7.71. The highest BCUT2D eigenvalue weighted by Gasteiger charge is 2.12. The summed E-state index contributed by atoms with van der Waals surface area (Å²) in [6, 6.07) is 11.1. The van der Waals surface area contributed by atoms with Crippen molar-refractivity contribution in [1.82, 2.24) is 9.36 Å². The molecular weight excluding hydrogens is 423 g/mol. The van der Waals surface area contributed by atoms with Gasteiger partial charge in [-0.3, -0.25) is 0 Å². The van der Waals surface area contributed by atoms with E-state index in [4.69, 9.17) is 5.11 Å². The van der Waals surface area contributed by atoms with Gasteiger partial charge in [0, 0.05) is 34.2 Å². The molecule has 0 fully saturated rings. The highest BCUT2D eigenvalue weighted by molar-refractivity contribution is 9.10. The van der Waals surface area contributed by atoms with E-state index in [1.54, 1.807) is 7.05 Å². The first kappa shape index (κ1) is 18.2. The second-order valence-corrected chi connectivity index (χ2v) is 6.86. The van der Waals surface area contributed by atoms with Crippen molar-refractivity contribution >= 4 is 44.8 Å². The summed E-state index contributed by atoms with van der Waals surface area (Å²) in [6.07, 6.45) is 1.35. The highest BCUT2D eigenvalue weighted by atomic mass is 79.9. The molecule has 0 radical (unpaired) electrons. The number of halogens is 2. The van der Waals surface area contributed by atoms with Gasteiger partial charge in [0.25, 0.3) is 0 Å². The molecule has 6 nitrogen and oxygen atoms in total. The van der Waals surface area contributed by atoms with E-state index in [2.05, 4.69) is 30.4 Å². The Hall–Kier alpha value is -2.65. The predicted molar refractivity (Wildman–Crippen MR) is 102 cm³/mol. The minimum atomic E-state index is -1.22. The van der Waals surface area contributed by atoms with E-state index in [0.717, 1.165) is 16.1 Å². The Morgan fingerprint density at radius 2 is 2.15 bits per heavy atom. The number of carboxylic acid groups (broad SMARTS) is 1. The van der Waals surface area contributed by atoms with Gasteiger partial charge in [0.15, 0.2) is 5.82 Å². The van der Waals surface area contributed by atoms with Crippen LogP contribution in [-0.2, 0) is 0 Å². The summed E-state index contributed by atoms with van der Waals surface area (Å²) in [5, 5.41) is 15.4. The number of anilines is 1. The first-order valence-corrected chi connectivity index (χ1v) is 8.91. The molecule has 132 valence electrons. The molecule has 0 bridgehead atoms. The van der Waals surface area contributed by atoms with E-state index in [0.29, 0.717) is 16.5 Å². The van der Waals surface area contributed by atoms with Gasteiger partial charge < -0.3 is 5.11 Å².